The third kappa shape index (κ3) is 11.8. The molecule has 3 aliphatic heterocycles. The summed E-state index contributed by atoms with van der Waals surface area (Å²) < 4.78 is 79.0. The van der Waals surface area contributed by atoms with Crippen LogP contribution in [0.15, 0.2) is 176 Å². The lowest BCUT2D eigenvalue weighted by Crippen LogP contribution is -2.68. The molecule has 68 heavy (non-hydrogen) atoms. The molecule has 0 N–H and O–H groups in total. The summed E-state index contributed by atoms with van der Waals surface area (Å²) in [5.41, 5.74) is 4.39. The fourth-order valence-electron chi connectivity index (χ4n) is 8.54. The minimum absolute atomic E-state index is 0.125. The molecule has 0 aliphatic carbocycles. The highest BCUT2D eigenvalue weighted by Crippen LogP contribution is 2.40. The second kappa shape index (κ2) is 23.4. The van der Waals surface area contributed by atoms with E-state index >= 15 is 0 Å². The number of hydrogen-bond donors (Lipinski definition) is 0. The third-order valence-corrected chi connectivity index (χ3v) is 12.0. The third-order valence-electron chi connectivity index (χ3n) is 12.0. The van der Waals surface area contributed by atoms with Gasteiger partial charge in [-0.3, -0.25) is 0 Å². The van der Waals surface area contributed by atoms with Crippen LogP contribution in [0.2, 0.25) is 0 Å². The van der Waals surface area contributed by atoms with Crippen LogP contribution in [0.4, 0.5) is 0 Å². The first-order valence-electron chi connectivity index (χ1n) is 22.8. The quantitative estimate of drug-likeness (QED) is 0.0721. The van der Waals surface area contributed by atoms with Crippen molar-refractivity contribution in [3.05, 3.63) is 204 Å². The standard InChI is InChI=1S/C55H56O13/c1-57-42-28-30-43(31-29-42)64-54-51(62-35-40-24-14-6-15-25-40)48(45-44(65-54)36-63-53(66-45)41-26-16-7-17-27-41)67-55-50(61-34-39-22-12-5-13-23-39)47(60-33-38-20-10-4-11-21-38)46(49(68-55)52(56)58-2)59-32-37-18-8-3-9-19-37/h3-31,44-51,53-55H,32-36H2,1-2H3/t44-,45+,46+,47+,48+,49-,50+,51-,53+,54-,55-/m1/s1. The normalized spacial score (nSPS) is 26.8. The number of fused-ring (bicyclic) bond motifs is 1. The van der Waals surface area contributed by atoms with Crippen LogP contribution in [0, 0.1) is 0 Å². The van der Waals surface area contributed by atoms with Crippen LogP contribution >= 0.6 is 0 Å². The van der Waals surface area contributed by atoms with Crippen LogP contribution in [-0.2, 0) is 78.6 Å². The molecule has 13 nitrogen and oxygen atoms in total. The minimum Gasteiger partial charge on any atom is -0.497 e. The zero-order valence-electron chi connectivity index (χ0n) is 37.9. The molecule has 0 aromatic heterocycles. The summed E-state index contributed by atoms with van der Waals surface area (Å²) in [5.74, 6) is 0.477. The van der Waals surface area contributed by atoms with Crippen molar-refractivity contribution in [3.8, 4) is 11.5 Å². The van der Waals surface area contributed by atoms with Gasteiger partial charge in [0.2, 0.25) is 6.29 Å². The molecule has 354 valence electrons. The van der Waals surface area contributed by atoms with Gasteiger partial charge in [0.15, 0.2) is 18.7 Å². The Morgan fingerprint density at radius 3 is 1.44 bits per heavy atom. The Hall–Kier alpha value is -5.97. The highest BCUT2D eigenvalue weighted by atomic mass is 16.8. The number of methoxy groups -OCH3 is 2. The lowest BCUT2D eigenvalue weighted by molar-refractivity contribution is -0.392. The molecule has 0 radical (unpaired) electrons. The van der Waals surface area contributed by atoms with E-state index in [1.807, 2.05) is 152 Å². The molecular formula is C55H56O13. The summed E-state index contributed by atoms with van der Waals surface area (Å²) in [7, 11) is 2.91. The number of rotatable bonds is 19. The van der Waals surface area contributed by atoms with E-state index in [4.69, 9.17) is 56.8 Å². The second-order valence-electron chi connectivity index (χ2n) is 16.6. The lowest BCUT2D eigenvalue weighted by atomic mass is 9.95. The highest BCUT2D eigenvalue weighted by Gasteiger charge is 2.57. The van der Waals surface area contributed by atoms with Gasteiger partial charge in [-0.25, -0.2) is 4.79 Å². The second-order valence-corrected chi connectivity index (χ2v) is 16.6. The van der Waals surface area contributed by atoms with Gasteiger partial charge >= 0.3 is 5.97 Å². The Morgan fingerprint density at radius 1 is 0.485 bits per heavy atom. The number of carbonyl (C=O) groups excluding carboxylic acids is 1. The summed E-state index contributed by atoms with van der Waals surface area (Å²) >= 11 is 0. The minimum atomic E-state index is -1.33. The number of esters is 1. The van der Waals surface area contributed by atoms with Crippen LogP contribution in [0.3, 0.4) is 0 Å². The van der Waals surface area contributed by atoms with Crippen molar-refractivity contribution in [1.82, 2.24) is 0 Å². The van der Waals surface area contributed by atoms with Gasteiger partial charge in [-0.1, -0.05) is 152 Å². The predicted molar refractivity (Wildman–Crippen MR) is 248 cm³/mol. The molecule has 6 aromatic rings. The summed E-state index contributed by atoms with van der Waals surface area (Å²) in [5, 5.41) is 0. The maximum Gasteiger partial charge on any atom is 0.337 e. The molecule has 0 spiro atoms. The molecule has 3 fully saturated rings. The largest absolute Gasteiger partial charge is 0.497 e. The summed E-state index contributed by atoms with van der Waals surface area (Å²) in [4.78, 5) is 14.1. The zero-order chi connectivity index (χ0) is 46.5. The summed E-state index contributed by atoms with van der Waals surface area (Å²) in [6.07, 6.45) is -11.0. The number of ether oxygens (including phenoxy) is 12. The molecule has 3 saturated heterocycles. The van der Waals surface area contributed by atoms with Gasteiger partial charge in [0, 0.05) is 5.56 Å². The SMILES string of the molecule is COC(=O)[C@@H]1O[C@@H](O[C@H]2[C@H]3O[C@@H](c4ccccc4)OC[C@H]3O[C@@H](Oc3ccc(OC)cc3)[C@@H]2OCc2ccccc2)[C@@H](OCc2ccccc2)[C@@H](OCc2ccccc2)[C@@H]1OCc1ccccc1. The van der Waals surface area contributed by atoms with Crippen molar-refractivity contribution in [2.75, 3.05) is 20.8 Å². The van der Waals surface area contributed by atoms with Crippen molar-refractivity contribution in [2.45, 2.75) is 94.1 Å². The Bertz CT molecular complexity index is 2410. The van der Waals surface area contributed by atoms with Gasteiger partial charge in [0.25, 0.3) is 0 Å². The van der Waals surface area contributed by atoms with Crippen molar-refractivity contribution in [3.63, 3.8) is 0 Å². The van der Waals surface area contributed by atoms with E-state index in [0.29, 0.717) is 11.5 Å². The Balaban J connectivity index is 1.13. The fourth-order valence-corrected chi connectivity index (χ4v) is 8.54. The van der Waals surface area contributed by atoms with Crippen LogP contribution in [-0.4, -0.2) is 88.2 Å². The van der Waals surface area contributed by atoms with Crippen molar-refractivity contribution < 1.29 is 61.6 Å². The van der Waals surface area contributed by atoms with E-state index in [2.05, 4.69) is 0 Å². The van der Waals surface area contributed by atoms with Gasteiger partial charge in [-0.2, -0.15) is 0 Å². The predicted octanol–water partition coefficient (Wildman–Crippen LogP) is 8.54. The van der Waals surface area contributed by atoms with E-state index in [-0.39, 0.29) is 33.0 Å². The Labute approximate surface area is 396 Å². The maximum atomic E-state index is 14.1. The molecule has 0 amide bonds. The molecule has 3 aliphatic rings. The maximum absolute atomic E-state index is 14.1. The van der Waals surface area contributed by atoms with Gasteiger partial charge in [0.05, 0.1) is 47.3 Å². The monoisotopic (exact) mass is 924 g/mol. The molecule has 0 bridgehead atoms. The van der Waals surface area contributed by atoms with Crippen molar-refractivity contribution >= 4 is 5.97 Å². The zero-order valence-corrected chi connectivity index (χ0v) is 37.9. The molecule has 6 aromatic carbocycles. The Morgan fingerprint density at radius 2 is 0.941 bits per heavy atom. The smallest absolute Gasteiger partial charge is 0.337 e. The molecule has 9 rings (SSSR count). The van der Waals surface area contributed by atoms with E-state index in [0.717, 1.165) is 27.8 Å². The van der Waals surface area contributed by atoms with E-state index in [1.54, 1.807) is 31.4 Å². The van der Waals surface area contributed by atoms with Gasteiger partial charge in [-0.05, 0) is 46.5 Å². The average Bonchev–Trinajstić information content (AvgIpc) is 3.40. The van der Waals surface area contributed by atoms with Crippen LogP contribution in [0.5, 0.6) is 11.5 Å². The molecule has 3 heterocycles. The van der Waals surface area contributed by atoms with Gasteiger partial charge < -0.3 is 56.8 Å². The topological polar surface area (TPSA) is 128 Å². The average molecular weight is 925 g/mol. The molecule has 0 saturated carbocycles. The van der Waals surface area contributed by atoms with E-state index in [9.17, 15) is 4.79 Å². The first-order valence-corrected chi connectivity index (χ1v) is 22.8. The first kappa shape index (κ1) is 47.1. The van der Waals surface area contributed by atoms with Gasteiger partial charge in [-0.15, -0.1) is 0 Å². The first-order chi connectivity index (χ1) is 33.5. The van der Waals surface area contributed by atoms with Crippen LogP contribution in [0.1, 0.15) is 34.1 Å². The highest BCUT2D eigenvalue weighted by molar-refractivity contribution is 5.75. The number of hydrogen-bond acceptors (Lipinski definition) is 13. The molecule has 11 atom stereocenters. The fraction of sp³-hybridized carbons (Fsp3) is 0.327. The lowest BCUT2D eigenvalue weighted by Gasteiger charge is -2.51. The summed E-state index contributed by atoms with van der Waals surface area (Å²) in [6, 6.07) is 55.8. The van der Waals surface area contributed by atoms with Crippen LogP contribution < -0.4 is 9.47 Å². The van der Waals surface area contributed by atoms with Crippen molar-refractivity contribution in [1.29, 1.82) is 0 Å². The van der Waals surface area contributed by atoms with E-state index in [1.165, 1.54) is 7.11 Å². The number of benzene rings is 6. The molecular weight excluding hydrogens is 869 g/mol. The van der Waals surface area contributed by atoms with Crippen molar-refractivity contribution in [2.24, 2.45) is 0 Å². The van der Waals surface area contributed by atoms with E-state index < -0.39 is 73.7 Å². The van der Waals surface area contributed by atoms with Gasteiger partial charge in [0.1, 0.15) is 54.2 Å². The van der Waals surface area contributed by atoms with Crippen LogP contribution in [0.25, 0.3) is 0 Å². The number of carbonyl (C=O) groups is 1. The molecule has 13 heteroatoms. The summed E-state index contributed by atoms with van der Waals surface area (Å²) in [6.45, 7) is 0.731. The molecule has 0 unspecified atom stereocenters. The Kier molecular flexibility index (Phi) is 16.2.